The van der Waals surface area contributed by atoms with E-state index in [1.807, 2.05) is 0 Å². The molecule has 0 fully saturated rings. The fourth-order valence-electron chi connectivity index (χ4n) is 1.23. The Balaban J connectivity index is 2.78. The fourth-order valence-corrected chi connectivity index (χ4v) is 3.48. The van der Waals surface area contributed by atoms with E-state index in [1.54, 1.807) is 11.3 Å². The number of halogens is 2. The Bertz CT molecular complexity index is 253. The van der Waals surface area contributed by atoms with E-state index >= 15 is 0 Å². The highest BCUT2D eigenvalue weighted by Crippen LogP contribution is 2.36. The van der Waals surface area contributed by atoms with Crippen LogP contribution in [0.25, 0.3) is 0 Å². The average Bonchev–Trinajstić information content (AvgIpc) is 2.43. The van der Waals surface area contributed by atoms with Gasteiger partial charge in [0.05, 0.1) is 3.79 Å². The molecular formula is C9H13Br2NS. The zero-order valence-electron chi connectivity index (χ0n) is 7.73. The first-order valence-electron chi connectivity index (χ1n) is 4.37. The second-order valence-electron chi connectivity index (χ2n) is 2.79. The summed E-state index contributed by atoms with van der Waals surface area (Å²) in [7, 11) is 0. The molecule has 0 aliphatic heterocycles. The van der Waals surface area contributed by atoms with E-state index in [-0.39, 0.29) is 0 Å². The van der Waals surface area contributed by atoms with Gasteiger partial charge in [0, 0.05) is 15.4 Å². The lowest BCUT2D eigenvalue weighted by Gasteiger charge is -2.12. The molecular weight excluding hydrogens is 314 g/mol. The molecule has 1 aromatic rings. The number of thiophene rings is 1. The minimum Gasteiger partial charge on any atom is -0.310 e. The highest BCUT2D eigenvalue weighted by molar-refractivity contribution is 9.13. The summed E-state index contributed by atoms with van der Waals surface area (Å²) in [5, 5.41) is 3.46. The van der Waals surface area contributed by atoms with Crippen molar-refractivity contribution in [2.75, 3.05) is 6.54 Å². The van der Waals surface area contributed by atoms with E-state index in [1.165, 1.54) is 8.66 Å². The molecule has 4 heteroatoms. The lowest BCUT2D eigenvalue weighted by Crippen LogP contribution is -2.18. The molecule has 0 amide bonds. The Labute approximate surface area is 100 Å². The van der Waals surface area contributed by atoms with Crippen LogP contribution in [0.2, 0.25) is 0 Å². The van der Waals surface area contributed by atoms with Crippen LogP contribution in [-0.2, 0) is 0 Å². The van der Waals surface area contributed by atoms with Crippen LogP contribution in [-0.4, -0.2) is 6.54 Å². The van der Waals surface area contributed by atoms with Crippen molar-refractivity contribution in [3.63, 3.8) is 0 Å². The molecule has 0 spiro atoms. The van der Waals surface area contributed by atoms with Crippen LogP contribution < -0.4 is 5.32 Å². The quantitative estimate of drug-likeness (QED) is 0.868. The van der Waals surface area contributed by atoms with Gasteiger partial charge in [-0.2, -0.15) is 0 Å². The maximum Gasteiger partial charge on any atom is 0.0843 e. The van der Waals surface area contributed by atoms with E-state index in [9.17, 15) is 0 Å². The van der Waals surface area contributed by atoms with Crippen LogP contribution in [0, 0.1) is 0 Å². The SMILES string of the molecule is CCNC(CC)c1cc(Br)c(Br)s1. The molecule has 0 radical (unpaired) electrons. The van der Waals surface area contributed by atoms with Gasteiger partial charge >= 0.3 is 0 Å². The van der Waals surface area contributed by atoms with E-state index in [2.05, 4.69) is 57.1 Å². The predicted molar refractivity (Wildman–Crippen MR) is 66.4 cm³/mol. The topological polar surface area (TPSA) is 12.0 Å². The summed E-state index contributed by atoms with van der Waals surface area (Å²) in [4.78, 5) is 1.39. The van der Waals surface area contributed by atoms with E-state index in [4.69, 9.17) is 0 Å². The van der Waals surface area contributed by atoms with Crippen LogP contribution in [0.1, 0.15) is 31.2 Å². The molecule has 0 bridgehead atoms. The third kappa shape index (κ3) is 3.05. The fraction of sp³-hybridized carbons (Fsp3) is 0.556. The van der Waals surface area contributed by atoms with Gasteiger partial charge in [0.1, 0.15) is 0 Å². The Hall–Kier alpha value is 0.620. The second kappa shape index (κ2) is 5.49. The Morgan fingerprint density at radius 1 is 1.46 bits per heavy atom. The molecule has 1 unspecified atom stereocenters. The summed E-state index contributed by atoms with van der Waals surface area (Å²) < 4.78 is 2.34. The summed E-state index contributed by atoms with van der Waals surface area (Å²) in [5.41, 5.74) is 0. The number of hydrogen-bond acceptors (Lipinski definition) is 2. The van der Waals surface area contributed by atoms with Gasteiger partial charge < -0.3 is 5.32 Å². The molecule has 1 N–H and O–H groups in total. The minimum absolute atomic E-state index is 0.498. The standard InChI is InChI=1S/C9H13Br2NS/c1-3-7(12-4-2)8-5-6(10)9(11)13-8/h5,7,12H,3-4H2,1-2H3. The maximum absolute atomic E-state index is 3.51. The van der Waals surface area contributed by atoms with Crippen LogP contribution in [0.5, 0.6) is 0 Å². The lowest BCUT2D eigenvalue weighted by molar-refractivity contribution is 0.545. The third-order valence-electron chi connectivity index (χ3n) is 1.87. The molecule has 0 saturated carbocycles. The van der Waals surface area contributed by atoms with Crippen molar-refractivity contribution in [2.24, 2.45) is 0 Å². The predicted octanol–water partition coefficient (Wildman–Crippen LogP) is 4.33. The molecule has 0 aliphatic rings. The van der Waals surface area contributed by atoms with Gasteiger partial charge in [-0.25, -0.2) is 0 Å². The van der Waals surface area contributed by atoms with Crippen LogP contribution in [0.4, 0.5) is 0 Å². The van der Waals surface area contributed by atoms with Crippen molar-refractivity contribution < 1.29 is 0 Å². The smallest absolute Gasteiger partial charge is 0.0843 e. The monoisotopic (exact) mass is 325 g/mol. The van der Waals surface area contributed by atoms with Gasteiger partial charge in [-0.1, -0.05) is 13.8 Å². The first kappa shape index (κ1) is 11.7. The van der Waals surface area contributed by atoms with Gasteiger partial charge in [0.25, 0.3) is 0 Å². The summed E-state index contributed by atoms with van der Waals surface area (Å²) in [6.07, 6.45) is 1.13. The van der Waals surface area contributed by atoms with E-state index < -0.39 is 0 Å². The number of rotatable bonds is 4. The molecule has 13 heavy (non-hydrogen) atoms. The zero-order valence-corrected chi connectivity index (χ0v) is 11.7. The van der Waals surface area contributed by atoms with Gasteiger partial charge in [-0.15, -0.1) is 11.3 Å². The molecule has 0 aromatic carbocycles. The van der Waals surface area contributed by atoms with Gasteiger partial charge in [0.2, 0.25) is 0 Å². The maximum atomic E-state index is 3.51. The van der Waals surface area contributed by atoms with Crippen LogP contribution >= 0.6 is 43.2 Å². The zero-order chi connectivity index (χ0) is 9.84. The molecule has 0 aliphatic carbocycles. The molecule has 1 atom stereocenters. The van der Waals surface area contributed by atoms with Crippen LogP contribution in [0.15, 0.2) is 14.3 Å². The Kier molecular flexibility index (Phi) is 4.94. The van der Waals surface area contributed by atoms with Crippen molar-refractivity contribution in [2.45, 2.75) is 26.3 Å². The molecule has 74 valence electrons. The van der Waals surface area contributed by atoms with Crippen molar-refractivity contribution in [3.8, 4) is 0 Å². The average molecular weight is 327 g/mol. The van der Waals surface area contributed by atoms with Crippen molar-refractivity contribution in [3.05, 3.63) is 19.2 Å². The lowest BCUT2D eigenvalue weighted by atomic mass is 10.2. The first-order chi connectivity index (χ1) is 6.19. The number of hydrogen-bond donors (Lipinski definition) is 1. The highest BCUT2D eigenvalue weighted by Gasteiger charge is 2.12. The first-order valence-corrected chi connectivity index (χ1v) is 6.77. The Morgan fingerprint density at radius 3 is 2.54 bits per heavy atom. The second-order valence-corrected chi connectivity index (χ2v) is 6.04. The molecule has 0 saturated heterocycles. The summed E-state index contributed by atoms with van der Waals surface area (Å²) >= 11 is 8.80. The molecule has 1 heterocycles. The van der Waals surface area contributed by atoms with E-state index in [0.717, 1.165) is 17.4 Å². The number of nitrogens with one attached hydrogen (secondary N) is 1. The van der Waals surface area contributed by atoms with Crippen LogP contribution in [0.3, 0.4) is 0 Å². The van der Waals surface area contributed by atoms with Gasteiger partial charge in [0.15, 0.2) is 0 Å². The summed E-state index contributed by atoms with van der Waals surface area (Å²) in [5.74, 6) is 0. The summed E-state index contributed by atoms with van der Waals surface area (Å²) in [6, 6.07) is 2.68. The Morgan fingerprint density at radius 2 is 2.15 bits per heavy atom. The molecule has 1 nitrogen and oxygen atoms in total. The van der Waals surface area contributed by atoms with Crippen molar-refractivity contribution >= 4 is 43.2 Å². The summed E-state index contributed by atoms with van der Waals surface area (Å²) in [6.45, 7) is 5.36. The highest BCUT2D eigenvalue weighted by atomic mass is 79.9. The van der Waals surface area contributed by atoms with Gasteiger partial charge in [-0.05, 0) is 50.9 Å². The van der Waals surface area contributed by atoms with Gasteiger partial charge in [-0.3, -0.25) is 0 Å². The third-order valence-corrected chi connectivity index (χ3v) is 5.24. The van der Waals surface area contributed by atoms with Crippen molar-refractivity contribution in [1.82, 2.24) is 5.32 Å². The minimum atomic E-state index is 0.498. The molecule has 1 rings (SSSR count). The van der Waals surface area contributed by atoms with Crippen molar-refractivity contribution in [1.29, 1.82) is 0 Å². The van der Waals surface area contributed by atoms with E-state index in [0.29, 0.717) is 6.04 Å². The molecule has 1 aromatic heterocycles. The largest absolute Gasteiger partial charge is 0.310 e. The normalized spacial score (nSPS) is 13.2.